The number of aromatic amines is 1. The number of rotatable bonds is 2. The SMILES string of the molecule is Cc1[nH]c2nc3cc(C(C)C)ccc3n2c1C(=O)O. The summed E-state index contributed by atoms with van der Waals surface area (Å²) in [4.78, 5) is 18.8. The van der Waals surface area contributed by atoms with Crippen LogP contribution in [0.4, 0.5) is 0 Å². The molecule has 0 aliphatic carbocycles. The first-order valence-corrected chi connectivity index (χ1v) is 6.23. The van der Waals surface area contributed by atoms with Crippen molar-refractivity contribution in [2.45, 2.75) is 26.7 Å². The van der Waals surface area contributed by atoms with Crippen LogP contribution < -0.4 is 0 Å². The molecule has 5 heteroatoms. The molecule has 19 heavy (non-hydrogen) atoms. The molecule has 0 saturated heterocycles. The molecule has 3 rings (SSSR count). The zero-order valence-electron chi connectivity index (χ0n) is 11.1. The van der Waals surface area contributed by atoms with E-state index in [1.807, 2.05) is 18.2 Å². The lowest BCUT2D eigenvalue weighted by atomic mass is 10.0. The van der Waals surface area contributed by atoms with Gasteiger partial charge in [0.15, 0.2) is 5.69 Å². The molecule has 3 aromatic rings. The third-order valence-electron chi connectivity index (χ3n) is 3.43. The van der Waals surface area contributed by atoms with Gasteiger partial charge in [-0.1, -0.05) is 19.9 Å². The Kier molecular flexibility index (Phi) is 2.38. The van der Waals surface area contributed by atoms with Gasteiger partial charge in [0.2, 0.25) is 5.78 Å². The maximum absolute atomic E-state index is 11.3. The molecule has 0 amide bonds. The molecule has 2 aromatic heterocycles. The van der Waals surface area contributed by atoms with E-state index in [1.165, 1.54) is 5.56 Å². The van der Waals surface area contributed by atoms with Gasteiger partial charge in [0, 0.05) is 5.69 Å². The highest BCUT2D eigenvalue weighted by Crippen LogP contribution is 2.24. The number of fused-ring (bicyclic) bond motifs is 3. The molecule has 0 aliphatic heterocycles. The summed E-state index contributed by atoms with van der Waals surface area (Å²) >= 11 is 0. The van der Waals surface area contributed by atoms with Crippen LogP contribution in [0.25, 0.3) is 16.8 Å². The standard InChI is InChI=1S/C14H15N3O2/c1-7(2)9-4-5-11-10(6-9)16-14-15-8(3)12(13(18)19)17(11)14/h4-7H,1-3H3,(H,15,16)(H,18,19). The quantitative estimate of drug-likeness (QED) is 0.741. The van der Waals surface area contributed by atoms with E-state index in [1.54, 1.807) is 11.3 Å². The summed E-state index contributed by atoms with van der Waals surface area (Å²) in [5, 5.41) is 9.30. The Balaban J connectivity index is 2.38. The molecule has 0 atom stereocenters. The van der Waals surface area contributed by atoms with Crippen molar-refractivity contribution < 1.29 is 9.90 Å². The number of carbonyl (C=O) groups is 1. The van der Waals surface area contributed by atoms with Crippen LogP contribution in [0.15, 0.2) is 18.2 Å². The molecule has 1 aromatic carbocycles. The minimum atomic E-state index is -0.948. The van der Waals surface area contributed by atoms with E-state index in [0.717, 1.165) is 11.0 Å². The zero-order valence-corrected chi connectivity index (χ0v) is 11.1. The van der Waals surface area contributed by atoms with Gasteiger partial charge >= 0.3 is 5.97 Å². The highest BCUT2D eigenvalue weighted by Gasteiger charge is 2.19. The summed E-state index contributed by atoms with van der Waals surface area (Å²) in [6.07, 6.45) is 0. The Hall–Kier alpha value is -2.30. The molecule has 0 aliphatic rings. The monoisotopic (exact) mass is 257 g/mol. The minimum absolute atomic E-state index is 0.245. The Morgan fingerprint density at radius 3 is 2.79 bits per heavy atom. The van der Waals surface area contributed by atoms with Crippen molar-refractivity contribution in [2.24, 2.45) is 0 Å². The first kappa shape index (κ1) is 11.8. The third-order valence-corrected chi connectivity index (χ3v) is 3.43. The van der Waals surface area contributed by atoms with E-state index in [2.05, 4.69) is 23.8 Å². The molecule has 0 spiro atoms. The van der Waals surface area contributed by atoms with Crippen molar-refractivity contribution in [3.8, 4) is 0 Å². The molecular weight excluding hydrogens is 242 g/mol. The number of aromatic nitrogens is 3. The number of nitrogens with zero attached hydrogens (tertiary/aromatic N) is 2. The first-order valence-electron chi connectivity index (χ1n) is 6.23. The molecule has 2 heterocycles. The van der Waals surface area contributed by atoms with Crippen molar-refractivity contribution in [1.29, 1.82) is 0 Å². The first-order chi connectivity index (χ1) is 8.99. The summed E-state index contributed by atoms with van der Waals surface area (Å²) in [7, 11) is 0. The van der Waals surface area contributed by atoms with Crippen LogP contribution in [-0.2, 0) is 0 Å². The Morgan fingerprint density at radius 1 is 1.42 bits per heavy atom. The van der Waals surface area contributed by atoms with Gasteiger partial charge in [-0.05, 0) is 30.5 Å². The second kappa shape index (κ2) is 3.85. The van der Waals surface area contributed by atoms with E-state index in [9.17, 15) is 9.90 Å². The average Bonchev–Trinajstić information content (AvgIpc) is 2.81. The van der Waals surface area contributed by atoms with E-state index in [4.69, 9.17) is 0 Å². The van der Waals surface area contributed by atoms with E-state index < -0.39 is 5.97 Å². The summed E-state index contributed by atoms with van der Waals surface area (Å²) < 4.78 is 1.66. The summed E-state index contributed by atoms with van der Waals surface area (Å²) in [5.74, 6) is 0.0481. The van der Waals surface area contributed by atoms with Crippen LogP contribution in [0.2, 0.25) is 0 Å². The molecule has 0 saturated carbocycles. The lowest BCUT2D eigenvalue weighted by Gasteiger charge is -2.04. The number of nitrogens with one attached hydrogen (secondary N) is 1. The number of carboxylic acid groups (broad SMARTS) is 1. The molecule has 0 unspecified atom stereocenters. The lowest BCUT2D eigenvalue weighted by Crippen LogP contribution is -2.03. The minimum Gasteiger partial charge on any atom is -0.477 e. The smallest absolute Gasteiger partial charge is 0.354 e. The summed E-state index contributed by atoms with van der Waals surface area (Å²) in [6, 6.07) is 5.97. The highest BCUT2D eigenvalue weighted by atomic mass is 16.4. The van der Waals surface area contributed by atoms with E-state index in [-0.39, 0.29) is 5.69 Å². The summed E-state index contributed by atoms with van der Waals surface area (Å²) in [5.41, 5.74) is 3.70. The maximum atomic E-state index is 11.3. The average molecular weight is 257 g/mol. The van der Waals surface area contributed by atoms with Crippen molar-refractivity contribution >= 4 is 22.8 Å². The second-order valence-corrected chi connectivity index (χ2v) is 5.08. The predicted octanol–water partition coefficient (Wildman–Crippen LogP) is 2.95. The molecule has 0 radical (unpaired) electrons. The number of benzene rings is 1. The Bertz CT molecular complexity index is 796. The van der Waals surface area contributed by atoms with Gasteiger partial charge in [0.05, 0.1) is 11.0 Å². The fourth-order valence-electron chi connectivity index (χ4n) is 2.42. The fourth-order valence-corrected chi connectivity index (χ4v) is 2.42. The third kappa shape index (κ3) is 1.62. The van der Waals surface area contributed by atoms with Crippen LogP contribution >= 0.6 is 0 Å². The Morgan fingerprint density at radius 2 is 2.16 bits per heavy atom. The number of aromatic carboxylic acids is 1. The van der Waals surface area contributed by atoms with Crippen molar-refractivity contribution in [2.75, 3.05) is 0 Å². The fraction of sp³-hybridized carbons (Fsp3) is 0.286. The number of imidazole rings is 2. The molecule has 2 N–H and O–H groups in total. The number of H-pyrrole nitrogens is 1. The van der Waals surface area contributed by atoms with Gasteiger partial charge in [-0.2, -0.15) is 0 Å². The van der Waals surface area contributed by atoms with Gasteiger partial charge in [0.25, 0.3) is 0 Å². The van der Waals surface area contributed by atoms with Gasteiger partial charge < -0.3 is 10.1 Å². The van der Waals surface area contributed by atoms with Gasteiger partial charge in [0.1, 0.15) is 0 Å². The van der Waals surface area contributed by atoms with Gasteiger partial charge in [-0.3, -0.25) is 4.40 Å². The van der Waals surface area contributed by atoms with Crippen molar-refractivity contribution in [1.82, 2.24) is 14.4 Å². The number of aryl methyl sites for hydroxylation is 1. The van der Waals surface area contributed by atoms with Gasteiger partial charge in [-0.25, -0.2) is 9.78 Å². The number of hydrogen-bond donors (Lipinski definition) is 2. The normalized spacial score (nSPS) is 11.8. The largest absolute Gasteiger partial charge is 0.477 e. The van der Waals surface area contributed by atoms with Crippen LogP contribution in [0.1, 0.15) is 41.5 Å². The molecule has 0 bridgehead atoms. The topological polar surface area (TPSA) is 70.4 Å². The molecular formula is C14H15N3O2. The molecule has 0 fully saturated rings. The highest BCUT2D eigenvalue weighted by molar-refractivity contribution is 5.92. The van der Waals surface area contributed by atoms with Crippen molar-refractivity contribution in [3.63, 3.8) is 0 Å². The van der Waals surface area contributed by atoms with Crippen LogP contribution in [0, 0.1) is 6.92 Å². The summed E-state index contributed by atoms with van der Waals surface area (Å²) in [6.45, 7) is 5.98. The maximum Gasteiger partial charge on any atom is 0.354 e. The predicted molar refractivity (Wildman–Crippen MR) is 72.8 cm³/mol. The van der Waals surface area contributed by atoms with Crippen molar-refractivity contribution in [3.05, 3.63) is 35.2 Å². The van der Waals surface area contributed by atoms with E-state index >= 15 is 0 Å². The number of carboxylic acids is 1. The van der Waals surface area contributed by atoms with E-state index in [0.29, 0.717) is 17.4 Å². The van der Waals surface area contributed by atoms with Gasteiger partial charge in [-0.15, -0.1) is 0 Å². The second-order valence-electron chi connectivity index (χ2n) is 5.08. The van der Waals surface area contributed by atoms with Crippen LogP contribution in [0.3, 0.4) is 0 Å². The molecule has 98 valence electrons. The Labute approximate surface area is 109 Å². The van der Waals surface area contributed by atoms with Crippen LogP contribution in [-0.4, -0.2) is 25.4 Å². The number of hydrogen-bond acceptors (Lipinski definition) is 2. The lowest BCUT2D eigenvalue weighted by molar-refractivity contribution is 0.0689. The molecule has 5 nitrogen and oxygen atoms in total. The van der Waals surface area contributed by atoms with Crippen LogP contribution in [0.5, 0.6) is 0 Å². The zero-order chi connectivity index (χ0) is 13.7.